The van der Waals surface area contributed by atoms with Crippen molar-refractivity contribution in [3.05, 3.63) is 34.3 Å². The van der Waals surface area contributed by atoms with Gasteiger partial charge in [-0.15, -0.1) is 0 Å². The molecule has 0 heterocycles. The predicted octanol–water partition coefficient (Wildman–Crippen LogP) is 1.87. The zero-order valence-corrected chi connectivity index (χ0v) is 10.6. The molecule has 0 amide bonds. The lowest BCUT2D eigenvalue weighted by molar-refractivity contribution is -0.137. The van der Waals surface area contributed by atoms with E-state index in [0.29, 0.717) is 0 Å². The fourth-order valence-electron chi connectivity index (χ4n) is 1.30. The summed E-state index contributed by atoms with van der Waals surface area (Å²) in [5, 5.41) is 0.260. The number of hydrogen-bond acceptors (Lipinski definition) is 5. The molecule has 0 unspecified atom stereocenters. The Kier molecular flexibility index (Phi) is 4.85. The van der Waals surface area contributed by atoms with E-state index in [1.165, 1.54) is 25.3 Å². The van der Waals surface area contributed by atoms with E-state index in [9.17, 15) is 14.4 Å². The number of halogens is 1. The average molecular weight is 271 g/mol. The van der Waals surface area contributed by atoms with Crippen LogP contribution in [0, 0.1) is 0 Å². The molecular weight excluding hydrogens is 260 g/mol. The number of Topliss-reactive ketones (excluding diaryl/α,β-unsaturated/α-hetero) is 1. The van der Waals surface area contributed by atoms with Crippen LogP contribution in [0.3, 0.4) is 0 Å². The number of benzene rings is 1. The van der Waals surface area contributed by atoms with Crippen LogP contribution in [0.15, 0.2) is 18.2 Å². The van der Waals surface area contributed by atoms with Gasteiger partial charge in [0.15, 0.2) is 0 Å². The van der Waals surface area contributed by atoms with Crippen molar-refractivity contribution in [1.29, 1.82) is 0 Å². The van der Waals surface area contributed by atoms with Gasteiger partial charge in [0.1, 0.15) is 0 Å². The van der Waals surface area contributed by atoms with Gasteiger partial charge in [-0.3, -0.25) is 4.79 Å². The van der Waals surface area contributed by atoms with Crippen LogP contribution in [0.25, 0.3) is 0 Å². The van der Waals surface area contributed by atoms with Crippen LogP contribution < -0.4 is 0 Å². The smallest absolute Gasteiger partial charge is 0.379 e. The Morgan fingerprint density at radius 1 is 1.22 bits per heavy atom. The number of ether oxygens (including phenoxy) is 2. The summed E-state index contributed by atoms with van der Waals surface area (Å²) in [5.41, 5.74) is -0.159. The highest BCUT2D eigenvalue weighted by Crippen LogP contribution is 2.18. The van der Waals surface area contributed by atoms with Crippen LogP contribution in [0.2, 0.25) is 5.02 Å². The number of carbonyl (C=O) groups excluding carboxylic acids is 3. The summed E-state index contributed by atoms with van der Waals surface area (Å²) in [5.74, 6) is -2.68. The fourth-order valence-corrected chi connectivity index (χ4v) is 1.47. The largest absolute Gasteiger partial charge is 0.465 e. The van der Waals surface area contributed by atoms with Crippen molar-refractivity contribution in [1.82, 2.24) is 0 Å². The Bertz CT molecular complexity index is 495. The molecule has 5 nitrogen and oxygen atoms in total. The molecule has 0 spiro atoms. The molecule has 0 saturated carbocycles. The summed E-state index contributed by atoms with van der Waals surface area (Å²) in [6, 6.07) is 3.95. The van der Waals surface area contributed by atoms with E-state index in [0.717, 1.165) is 0 Å². The third kappa shape index (κ3) is 3.07. The summed E-state index contributed by atoms with van der Waals surface area (Å²) in [4.78, 5) is 34.6. The third-order valence-corrected chi connectivity index (χ3v) is 2.33. The summed E-state index contributed by atoms with van der Waals surface area (Å²) in [6.45, 7) is 1.65. The lowest BCUT2D eigenvalue weighted by atomic mass is 10.0. The van der Waals surface area contributed by atoms with Crippen LogP contribution in [-0.2, 0) is 14.3 Å². The molecule has 0 radical (unpaired) electrons. The Morgan fingerprint density at radius 3 is 2.44 bits per heavy atom. The van der Waals surface area contributed by atoms with E-state index >= 15 is 0 Å². The summed E-state index contributed by atoms with van der Waals surface area (Å²) in [7, 11) is 1.17. The molecule has 0 aliphatic rings. The highest BCUT2D eigenvalue weighted by Gasteiger charge is 2.24. The molecule has 1 aromatic carbocycles. The second kappa shape index (κ2) is 6.16. The van der Waals surface area contributed by atoms with Gasteiger partial charge >= 0.3 is 11.9 Å². The van der Waals surface area contributed by atoms with Crippen LogP contribution in [0.4, 0.5) is 0 Å². The second-order valence-electron chi connectivity index (χ2n) is 3.23. The third-order valence-electron chi connectivity index (χ3n) is 2.09. The van der Waals surface area contributed by atoms with E-state index in [1.54, 1.807) is 6.92 Å². The van der Waals surface area contributed by atoms with Crippen LogP contribution >= 0.6 is 11.6 Å². The molecule has 0 aromatic heterocycles. The highest BCUT2D eigenvalue weighted by molar-refractivity contribution is 6.42. The fraction of sp³-hybridized carbons (Fsp3) is 0.250. The van der Waals surface area contributed by atoms with E-state index < -0.39 is 17.7 Å². The molecule has 0 fully saturated rings. The Balaban J connectivity index is 3.19. The van der Waals surface area contributed by atoms with Crippen molar-refractivity contribution in [2.75, 3.05) is 13.7 Å². The van der Waals surface area contributed by atoms with Gasteiger partial charge in [0, 0.05) is 10.6 Å². The zero-order valence-electron chi connectivity index (χ0n) is 9.86. The minimum atomic E-state index is -1.02. The van der Waals surface area contributed by atoms with Gasteiger partial charge in [0.2, 0.25) is 0 Å². The van der Waals surface area contributed by atoms with Crippen molar-refractivity contribution in [2.24, 2.45) is 0 Å². The normalized spacial score (nSPS) is 9.72. The van der Waals surface area contributed by atoms with Crippen LogP contribution in [0.1, 0.15) is 27.6 Å². The van der Waals surface area contributed by atoms with Gasteiger partial charge in [0.05, 0.1) is 19.3 Å². The summed E-state index contributed by atoms with van der Waals surface area (Å²) < 4.78 is 9.10. The number of ketones is 1. The lowest BCUT2D eigenvalue weighted by Gasteiger charge is -2.07. The van der Waals surface area contributed by atoms with Gasteiger partial charge in [-0.2, -0.15) is 0 Å². The zero-order chi connectivity index (χ0) is 13.7. The number of hydrogen-bond donors (Lipinski definition) is 0. The molecule has 18 heavy (non-hydrogen) atoms. The first-order valence-corrected chi connectivity index (χ1v) is 5.48. The van der Waals surface area contributed by atoms with Gasteiger partial charge in [-0.05, 0) is 25.1 Å². The maximum absolute atomic E-state index is 11.8. The van der Waals surface area contributed by atoms with Crippen LogP contribution in [0.5, 0.6) is 0 Å². The Morgan fingerprint density at radius 2 is 1.89 bits per heavy atom. The molecule has 0 aliphatic heterocycles. The van der Waals surface area contributed by atoms with E-state index in [2.05, 4.69) is 9.47 Å². The van der Waals surface area contributed by atoms with E-state index in [4.69, 9.17) is 11.6 Å². The minimum Gasteiger partial charge on any atom is -0.465 e. The van der Waals surface area contributed by atoms with Gasteiger partial charge < -0.3 is 9.47 Å². The van der Waals surface area contributed by atoms with E-state index in [1.807, 2.05) is 0 Å². The van der Waals surface area contributed by atoms with Crippen LogP contribution in [-0.4, -0.2) is 31.4 Å². The molecule has 0 N–H and O–H groups in total. The van der Waals surface area contributed by atoms with Crippen molar-refractivity contribution in [2.45, 2.75) is 6.92 Å². The number of methoxy groups -OCH3 is 1. The SMILES string of the molecule is CCOC(=O)C(=O)c1ccc(Cl)cc1C(=O)OC. The molecule has 0 bridgehead atoms. The summed E-state index contributed by atoms with van der Waals surface area (Å²) >= 11 is 5.73. The molecule has 0 atom stereocenters. The minimum absolute atomic E-state index is 0.0666. The highest BCUT2D eigenvalue weighted by atomic mass is 35.5. The molecular formula is C12H11ClO5. The monoisotopic (exact) mass is 270 g/mol. The maximum atomic E-state index is 11.8. The number of rotatable bonds is 4. The number of carbonyl (C=O) groups is 3. The maximum Gasteiger partial charge on any atom is 0.379 e. The quantitative estimate of drug-likeness (QED) is 0.475. The van der Waals surface area contributed by atoms with Crippen molar-refractivity contribution in [3.8, 4) is 0 Å². The Hall–Kier alpha value is -1.88. The van der Waals surface area contributed by atoms with Crippen molar-refractivity contribution >= 4 is 29.3 Å². The van der Waals surface area contributed by atoms with Gasteiger partial charge in [0.25, 0.3) is 5.78 Å². The molecule has 0 saturated heterocycles. The lowest BCUT2D eigenvalue weighted by Crippen LogP contribution is -2.20. The second-order valence-corrected chi connectivity index (χ2v) is 3.67. The van der Waals surface area contributed by atoms with Crippen molar-refractivity contribution in [3.63, 3.8) is 0 Å². The molecule has 1 aromatic rings. The average Bonchev–Trinajstić information content (AvgIpc) is 2.37. The first-order valence-electron chi connectivity index (χ1n) is 5.10. The molecule has 6 heteroatoms. The predicted molar refractivity (Wildman–Crippen MR) is 63.8 cm³/mol. The summed E-state index contributed by atoms with van der Waals surface area (Å²) in [6.07, 6.45) is 0. The van der Waals surface area contributed by atoms with Crippen molar-refractivity contribution < 1.29 is 23.9 Å². The topological polar surface area (TPSA) is 69.7 Å². The number of esters is 2. The first kappa shape index (κ1) is 14.2. The van der Waals surface area contributed by atoms with Gasteiger partial charge in [-0.1, -0.05) is 11.6 Å². The van der Waals surface area contributed by atoms with Gasteiger partial charge in [-0.25, -0.2) is 9.59 Å². The Labute approximate surface area is 109 Å². The first-order chi connectivity index (χ1) is 8.51. The molecule has 0 aliphatic carbocycles. The van der Waals surface area contributed by atoms with E-state index in [-0.39, 0.29) is 22.8 Å². The molecule has 1 rings (SSSR count). The standard InChI is InChI=1S/C12H11ClO5/c1-3-18-12(16)10(14)8-5-4-7(13)6-9(8)11(15)17-2/h4-6H,3H2,1-2H3. The molecule has 96 valence electrons.